The number of fused-ring (bicyclic) bond motifs is 1. The summed E-state index contributed by atoms with van der Waals surface area (Å²) >= 11 is 0. The number of amides is 1. The molecule has 4 heteroatoms. The van der Waals surface area contributed by atoms with E-state index in [0.29, 0.717) is 17.9 Å². The molecule has 0 unspecified atom stereocenters. The van der Waals surface area contributed by atoms with Gasteiger partial charge in [0.1, 0.15) is 18.1 Å². The third kappa shape index (κ3) is 4.38. The Morgan fingerprint density at radius 3 is 2.38 bits per heavy atom. The van der Waals surface area contributed by atoms with Crippen molar-refractivity contribution in [1.29, 1.82) is 0 Å². The van der Waals surface area contributed by atoms with Crippen LogP contribution in [0.1, 0.15) is 15.9 Å². The molecule has 0 radical (unpaired) electrons. The molecular formula is C25H21NO3. The predicted octanol–water partition coefficient (Wildman–Crippen LogP) is 5.68. The van der Waals surface area contributed by atoms with Crippen LogP contribution in [0.3, 0.4) is 0 Å². The van der Waals surface area contributed by atoms with Gasteiger partial charge in [-0.3, -0.25) is 4.79 Å². The highest BCUT2D eigenvalue weighted by Crippen LogP contribution is 2.25. The zero-order chi connectivity index (χ0) is 20.1. The van der Waals surface area contributed by atoms with Crippen molar-refractivity contribution in [1.82, 2.24) is 0 Å². The minimum Gasteiger partial charge on any atom is -0.496 e. The van der Waals surface area contributed by atoms with Gasteiger partial charge < -0.3 is 14.8 Å². The molecule has 1 amide bonds. The summed E-state index contributed by atoms with van der Waals surface area (Å²) in [7, 11) is 1.61. The van der Waals surface area contributed by atoms with E-state index in [0.717, 1.165) is 27.8 Å². The summed E-state index contributed by atoms with van der Waals surface area (Å²) in [6, 6.07) is 28.8. The van der Waals surface area contributed by atoms with Crippen LogP contribution in [0.25, 0.3) is 10.8 Å². The van der Waals surface area contributed by atoms with Gasteiger partial charge in [-0.15, -0.1) is 0 Å². The number of carbonyl (C=O) groups is 1. The number of carbonyl (C=O) groups excluding carboxylic acids is 1. The predicted molar refractivity (Wildman–Crippen MR) is 116 cm³/mol. The maximum Gasteiger partial charge on any atom is 0.255 e. The minimum atomic E-state index is -0.175. The Bertz CT molecular complexity index is 1140. The van der Waals surface area contributed by atoms with E-state index in [2.05, 4.69) is 17.4 Å². The van der Waals surface area contributed by atoms with Crippen LogP contribution in [0.2, 0.25) is 0 Å². The zero-order valence-corrected chi connectivity index (χ0v) is 16.1. The van der Waals surface area contributed by atoms with Crippen molar-refractivity contribution in [3.05, 3.63) is 102 Å². The molecule has 0 aliphatic rings. The molecule has 0 spiro atoms. The van der Waals surface area contributed by atoms with E-state index < -0.39 is 0 Å². The smallest absolute Gasteiger partial charge is 0.255 e. The van der Waals surface area contributed by atoms with E-state index in [-0.39, 0.29) is 5.91 Å². The van der Waals surface area contributed by atoms with E-state index in [1.165, 1.54) is 0 Å². The zero-order valence-electron chi connectivity index (χ0n) is 16.1. The molecule has 0 fully saturated rings. The molecule has 0 aromatic heterocycles. The van der Waals surface area contributed by atoms with Gasteiger partial charge in [-0.25, -0.2) is 0 Å². The fraction of sp³-hybridized carbons (Fsp3) is 0.0800. The number of methoxy groups -OCH3 is 1. The lowest BCUT2D eigenvalue weighted by molar-refractivity contribution is 0.102. The number of rotatable bonds is 6. The maximum absolute atomic E-state index is 12.6. The first-order chi connectivity index (χ1) is 14.2. The average molecular weight is 383 g/mol. The first-order valence-electron chi connectivity index (χ1n) is 9.38. The molecular weight excluding hydrogens is 362 g/mol. The Hall–Kier alpha value is -3.79. The Labute approximate surface area is 169 Å². The maximum atomic E-state index is 12.6. The summed E-state index contributed by atoms with van der Waals surface area (Å²) in [6.07, 6.45) is 0. The van der Waals surface area contributed by atoms with E-state index in [1.54, 1.807) is 25.3 Å². The van der Waals surface area contributed by atoms with Gasteiger partial charge >= 0.3 is 0 Å². The van der Waals surface area contributed by atoms with Crippen LogP contribution in [-0.2, 0) is 6.61 Å². The van der Waals surface area contributed by atoms with Crippen LogP contribution in [0.4, 0.5) is 5.69 Å². The number of nitrogens with one attached hydrogen (secondary N) is 1. The Balaban J connectivity index is 1.52. The van der Waals surface area contributed by atoms with Gasteiger partial charge in [0.15, 0.2) is 0 Å². The Kier molecular flexibility index (Phi) is 5.43. The number of anilines is 1. The van der Waals surface area contributed by atoms with E-state index in [1.807, 2.05) is 60.7 Å². The van der Waals surface area contributed by atoms with Crippen molar-refractivity contribution in [2.24, 2.45) is 0 Å². The van der Waals surface area contributed by atoms with Gasteiger partial charge in [-0.2, -0.15) is 0 Å². The number of ether oxygens (including phenoxy) is 2. The van der Waals surface area contributed by atoms with Crippen LogP contribution < -0.4 is 14.8 Å². The molecule has 144 valence electrons. The van der Waals surface area contributed by atoms with E-state index in [4.69, 9.17) is 9.47 Å². The molecule has 1 N–H and O–H groups in total. The third-order valence-electron chi connectivity index (χ3n) is 4.69. The van der Waals surface area contributed by atoms with Crippen molar-refractivity contribution in [3.8, 4) is 11.5 Å². The monoisotopic (exact) mass is 383 g/mol. The second-order valence-corrected chi connectivity index (χ2v) is 6.64. The number of hydrogen-bond donors (Lipinski definition) is 1. The summed E-state index contributed by atoms with van der Waals surface area (Å²) in [5, 5.41) is 5.18. The Morgan fingerprint density at radius 2 is 1.59 bits per heavy atom. The lowest BCUT2D eigenvalue weighted by atomic mass is 10.1. The van der Waals surface area contributed by atoms with Crippen molar-refractivity contribution >= 4 is 22.4 Å². The van der Waals surface area contributed by atoms with Gasteiger partial charge in [0.2, 0.25) is 0 Å². The summed E-state index contributed by atoms with van der Waals surface area (Å²) in [5.41, 5.74) is 2.11. The molecule has 0 aliphatic carbocycles. The Morgan fingerprint density at radius 1 is 0.828 bits per heavy atom. The van der Waals surface area contributed by atoms with Gasteiger partial charge in [-0.1, -0.05) is 48.5 Å². The van der Waals surface area contributed by atoms with Gasteiger partial charge in [0.25, 0.3) is 5.91 Å². The molecule has 4 aromatic rings. The largest absolute Gasteiger partial charge is 0.496 e. The SMILES string of the molecule is COc1ccc(C(=O)Nc2ccccc2)cc1COc1ccc2ccccc2c1. The molecule has 0 saturated heterocycles. The quantitative estimate of drug-likeness (QED) is 0.466. The average Bonchev–Trinajstić information content (AvgIpc) is 2.78. The lowest BCUT2D eigenvalue weighted by Crippen LogP contribution is -2.12. The van der Waals surface area contributed by atoms with Gasteiger partial charge in [0, 0.05) is 16.8 Å². The molecule has 4 rings (SSSR count). The van der Waals surface area contributed by atoms with Crippen LogP contribution in [0.5, 0.6) is 11.5 Å². The molecule has 0 bridgehead atoms. The van der Waals surface area contributed by atoms with Crippen LogP contribution in [0.15, 0.2) is 91.0 Å². The highest BCUT2D eigenvalue weighted by atomic mass is 16.5. The minimum absolute atomic E-state index is 0.175. The summed E-state index contributed by atoms with van der Waals surface area (Å²) in [4.78, 5) is 12.6. The van der Waals surface area contributed by atoms with Crippen molar-refractivity contribution in [3.63, 3.8) is 0 Å². The normalized spacial score (nSPS) is 10.5. The van der Waals surface area contributed by atoms with Crippen LogP contribution in [0, 0.1) is 0 Å². The number of benzene rings is 4. The van der Waals surface area contributed by atoms with E-state index >= 15 is 0 Å². The fourth-order valence-electron chi connectivity index (χ4n) is 3.18. The fourth-order valence-corrected chi connectivity index (χ4v) is 3.18. The van der Waals surface area contributed by atoms with E-state index in [9.17, 15) is 4.79 Å². The number of para-hydroxylation sites is 1. The van der Waals surface area contributed by atoms with Crippen LogP contribution in [-0.4, -0.2) is 13.0 Å². The molecule has 4 nitrogen and oxygen atoms in total. The van der Waals surface area contributed by atoms with Crippen molar-refractivity contribution in [2.75, 3.05) is 12.4 Å². The molecule has 0 heterocycles. The highest BCUT2D eigenvalue weighted by Gasteiger charge is 2.11. The first-order valence-corrected chi connectivity index (χ1v) is 9.38. The second-order valence-electron chi connectivity index (χ2n) is 6.64. The summed E-state index contributed by atoms with van der Waals surface area (Å²) in [5.74, 6) is 1.28. The third-order valence-corrected chi connectivity index (χ3v) is 4.69. The molecule has 0 aliphatic heterocycles. The van der Waals surface area contributed by atoms with Crippen LogP contribution >= 0.6 is 0 Å². The van der Waals surface area contributed by atoms with Crippen molar-refractivity contribution < 1.29 is 14.3 Å². The summed E-state index contributed by atoms with van der Waals surface area (Å²) < 4.78 is 11.4. The van der Waals surface area contributed by atoms with Gasteiger partial charge in [0.05, 0.1) is 7.11 Å². The molecule has 0 atom stereocenters. The molecule has 29 heavy (non-hydrogen) atoms. The van der Waals surface area contributed by atoms with Gasteiger partial charge in [-0.05, 0) is 53.2 Å². The lowest BCUT2D eigenvalue weighted by Gasteiger charge is -2.13. The molecule has 4 aromatic carbocycles. The highest BCUT2D eigenvalue weighted by molar-refractivity contribution is 6.04. The number of hydrogen-bond acceptors (Lipinski definition) is 3. The topological polar surface area (TPSA) is 47.6 Å². The standard InChI is InChI=1S/C25H21NO3/c1-28-24-14-12-20(25(27)26-22-9-3-2-4-10-22)15-21(24)17-29-23-13-11-18-7-5-6-8-19(18)16-23/h2-16H,17H2,1H3,(H,26,27). The summed E-state index contributed by atoms with van der Waals surface area (Å²) in [6.45, 7) is 0.300. The first kappa shape index (κ1) is 18.6. The van der Waals surface area contributed by atoms with Crippen molar-refractivity contribution in [2.45, 2.75) is 6.61 Å². The second kappa shape index (κ2) is 8.48. The molecule has 0 saturated carbocycles.